The Morgan fingerprint density at radius 2 is 2.12 bits per heavy atom. The minimum Gasteiger partial charge on any atom is -0.342 e. The van der Waals surface area contributed by atoms with E-state index < -0.39 is 0 Å². The van der Waals surface area contributed by atoms with E-state index in [0.717, 1.165) is 19.4 Å². The van der Waals surface area contributed by atoms with E-state index in [-0.39, 0.29) is 28.6 Å². The van der Waals surface area contributed by atoms with Gasteiger partial charge in [-0.3, -0.25) is 9.59 Å². The van der Waals surface area contributed by atoms with Gasteiger partial charge in [0.15, 0.2) is 0 Å². The van der Waals surface area contributed by atoms with Crippen molar-refractivity contribution < 1.29 is 9.59 Å². The summed E-state index contributed by atoms with van der Waals surface area (Å²) in [5.41, 5.74) is 0. The minimum atomic E-state index is -0.332. The van der Waals surface area contributed by atoms with Gasteiger partial charge in [0.2, 0.25) is 11.8 Å². The molecule has 0 saturated carbocycles. The summed E-state index contributed by atoms with van der Waals surface area (Å²) in [6.45, 7) is 7.09. The molecule has 0 spiro atoms. The highest BCUT2D eigenvalue weighted by atomic mass is 32.2. The normalized spacial score (nSPS) is 29.2. The van der Waals surface area contributed by atoms with Crippen molar-refractivity contribution in [2.75, 3.05) is 12.3 Å². The summed E-state index contributed by atoms with van der Waals surface area (Å²) >= 11 is 1.72. The van der Waals surface area contributed by atoms with Gasteiger partial charge in [0.25, 0.3) is 0 Å². The number of carbonyl (C=O) groups excluding carboxylic acids is 2. The number of piperazine rings is 1. The SMILES string of the molecule is CC(C)(C)SC[C@@H]1NC(=O)C2CCCN2C1=O. The number of amides is 2. The third-order valence-corrected chi connectivity index (χ3v) is 4.50. The van der Waals surface area contributed by atoms with Crippen molar-refractivity contribution in [1.29, 1.82) is 0 Å². The smallest absolute Gasteiger partial charge is 0.246 e. The van der Waals surface area contributed by atoms with Crippen LogP contribution in [-0.2, 0) is 9.59 Å². The van der Waals surface area contributed by atoms with E-state index in [9.17, 15) is 9.59 Å². The largest absolute Gasteiger partial charge is 0.342 e. The van der Waals surface area contributed by atoms with E-state index in [1.54, 1.807) is 16.7 Å². The number of nitrogens with zero attached hydrogens (tertiary/aromatic N) is 1. The molecule has 5 heteroatoms. The Kier molecular flexibility index (Phi) is 3.39. The number of rotatable bonds is 2. The van der Waals surface area contributed by atoms with Crippen molar-refractivity contribution in [3.63, 3.8) is 0 Å². The zero-order valence-electron chi connectivity index (χ0n) is 10.7. The Morgan fingerprint density at radius 1 is 1.41 bits per heavy atom. The van der Waals surface area contributed by atoms with Crippen LogP contribution in [0.5, 0.6) is 0 Å². The Morgan fingerprint density at radius 3 is 2.76 bits per heavy atom. The fraction of sp³-hybridized carbons (Fsp3) is 0.833. The van der Waals surface area contributed by atoms with Crippen LogP contribution in [0.2, 0.25) is 0 Å². The first-order valence-corrected chi connectivity index (χ1v) is 7.12. The summed E-state index contributed by atoms with van der Waals surface area (Å²) in [5.74, 6) is 0.794. The Hall–Kier alpha value is -0.710. The lowest BCUT2D eigenvalue weighted by molar-refractivity contribution is -0.146. The predicted molar refractivity (Wildman–Crippen MR) is 68.9 cm³/mol. The van der Waals surface area contributed by atoms with Gasteiger partial charge in [0, 0.05) is 17.0 Å². The van der Waals surface area contributed by atoms with Gasteiger partial charge in [-0.25, -0.2) is 0 Å². The molecule has 0 bridgehead atoms. The van der Waals surface area contributed by atoms with Gasteiger partial charge in [-0.1, -0.05) is 20.8 Å². The summed E-state index contributed by atoms with van der Waals surface area (Å²) in [7, 11) is 0. The zero-order chi connectivity index (χ0) is 12.6. The molecule has 1 N–H and O–H groups in total. The lowest BCUT2D eigenvalue weighted by atomic mass is 10.1. The standard InChI is InChI=1S/C12H20N2O2S/c1-12(2,3)17-7-8-11(16)14-6-4-5-9(14)10(15)13-8/h8-9H,4-7H2,1-3H3,(H,13,15)/t8-,9?/m0/s1. The van der Waals surface area contributed by atoms with Gasteiger partial charge in [-0.2, -0.15) is 11.8 Å². The predicted octanol–water partition coefficient (Wildman–Crippen LogP) is 1.01. The average molecular weight is 256 g/mol. The summed E-state index contributed by atoms with van der Waals surface area (Å²) in [6, 6.07) is -0.528. The fourth-order valence-corrected chi connectivity index (χ4v) is 3.17. The number of thioether (sulfide) groups is 1. The summed E-state index contributed by atoms with van der Waals surface area (Å²) in [4.78, 5) is 25.8. The maximum Gasteiger partial charge on any atom is 0.246 e. The Balaban J connectivity index is 2.00. The summed E-state index contributed by atoms with van der Waals surface area (Å²) in [5, 5.41) is 2.86. The molecule has 2 aliphatic heterocycles. The summed E-state index contributed by atoms with van der Waals surface area (Å²) < 4.78 is 0.118. The van der Waals surface area contributed by atoms with Gasteiger partial charge >= 0.3 is 0 Å². The molecule has 2 rings (SSSR count). The first kappa shape index (κ1) is 12.7. The average Bonchev–Trinajstić information content (AvgIpc) is 2.69. The molecule has 2 aliphatic rings. The van der Waals surface area contributed by atoms with Gasteiger partial charge in [0.05, 0.1) is 0 Å². The summed E-state index contributed by atoms with van der Waals surface area (Å²) in [6.07, 6.45) is 1.76. The number of hydrogen-bond acceptors (Lipinski definition) is 3. The molecule has 2 heterocycles. The molecular weight excluding hydrogens is 236 g/mol. The van der Waals surface area contributed by atoms with Crippen molar-refractivity contribution in [2.45, 2.75) is 50.4 Å². The van der Waals surface area contributed by atoms with E-state index in [4.69, 9.17) is 0 Å². The third-order valence-electron chi connectivity index (χ3n) is 3.14. The van der Waals surface area contributed by atoms with Gasteiger partial charge in [-0.15, -0.1) is 0 Å². The first-order valence-electron chi connectivity index (χ1n) is 6.13. The fourth-order valence-electron chi connectivity index (χ4n) is 2.28. The molecule has 0 aromatic rings. The van der Waals surface area contributed by atoms with Crippen LogP contribution in [0.4, 0.5) is 0 Å². The lowest BCUT2D eigenvalue weighted by Crippen LogP contribution is -2.62. The third kappa shape index (κ3) is 2.76. The minimum absolute atomic E-state index is 0.0293. The van der Waals surface area contributed by atoms with Crippen LogP contribution < -0.4 is 5.32 Å². The van der Waals surface area contributed by atoms with E-state index in [2.05, 4.69) is 26.1 Å². The zero-order valence-corrected chi connectivity index (χ0v) is 11.5. The van der Waals surface area contributed by atoms with Gasteiger partial charge in [-0.05, 0) is 12.8 Å². The molecule has 2 atom stereocenters. The highest BCUT2D eigenvalue weighted by molar-refractivity contribution is 8.00. The number of carbonyl (C=O) groups is 2. The molecule has 0 radical (unpaired) electrons. The van der Waals surface area contributed by atoms with E-state index >= 15 is 0 Å². The van der Waals surface area contributed by atoms with Crippen molar-refractivity contribution in [3.05, 3.63) is 0 Å². The van der Waals surface area contributed by atoms with E-state index in [0.29, 0.717) is 5.75 Å². The van der Waals surface area contributed by atoms with Crippen LogP contribution in [0.1, 0.15) is 33.6 Å². The van der Waals surface area contributed by atoms with Crippen molar-refractivity contribution in [2.24, 2.45) is 0 Å². The quantitative estimate of drug-likeness (QED) is 0.802. The van der Waals surface area contributed by atoms with Crippen LogP contribution in [0.3, 0.4) is 0 Å². The van der Waals surface area contributed by atoms with E-state index in [1.807, 2.05) is 0 Å². The van der Waals surface area contributed by atoms with Crippen LogP contribution in [0, 0.1) is 0 Å². The molecule has 2 saturated heterocycles. The Bertz CT molecular complexity index is 338. The molecule has 0 aromatic carbocycles. The first-order chi connectivity index (χ1) is 7.88. The second-order valence-corrected chi connectivity index (χ2v) is 7.52. The van der Waals surface area contributed by atoms with Crippen LogP contribution >= 0.6 is 11.8 Å². The molecule has 17 heavy (non-hydrogen) atoms. The molecule has 96 valence electrons. The molecule has 0 aromatic heterocycles. The Labute approximate surface area is 106 Å². The lowest BCUT2D eigenvalue weighted by Gasteiger charge is -2.35. The molecule has 4 nitrogen and oxygen atoms in total. The van der Waals surface area contributed by atoms with Crippen molar-refractivity contribution in [3.8, 4) is 0 Å². The van der Waals surface area contributed by atoms with Crippen molar-refractivity contribution >= 4 is 23.6 Å². The van der Waals surface area contributed by atoms with Crippen LogP contribution in [0.15, 0.2) is 0 Å². The van der Waals surface area contributed by atoms with Crippen LogP contribution in [0.25, 0.3) is 0 Å². The van der Waals surface area contributed by atoms with Gasteiger partial charge in [0.1, 0.15) is 12.1 Å². The second-order valence-electron chi connectivity index (χ2n) is 5.67. The molecule has 2 amide bonds. The maximum atomic E-state index is 12.2. The van der Waals surface area contributed by atoms with E-state index in [1.165, 1.54) is 0 Å². The number of nitrogens with one attached hydrogen (secondary N) is 1. The topological polar surface area (TPSA) is 49.4 Å². The van der Waals surface area contributed by atoms with Crippen molar-refractivity contribution in [1.82, 2.24) is 10.2 Å². The van der Waals surface area contributed by atoms with Crippen LogP contribution in [-0.4, -0.2) is 45.8 Å². The second kappa shape index (κ2) is 4.52. The maximum absolute atomic E-state index is 12.2. The number of hydrogen-bond donors (Lipinski definition) is 1. The number of fused-ring (bicyclic) bond motifs is 1. The molecule has 2 fully saturated rings. The highest BCUT2D eigenvalue weighted by Gasteiger charge is 2.42. The van der Waals surface area contributed by atoms with Gasteiger partial charge < -0.3 is 10.2 Å². The molecule has 1 unspecified atom stereocenters. The highest BCUT2D eigenvalue weighted by Crippen LogP contribution is 2.27. The molecule has 0 aliphatic carbocycles. The monoisotopic (exact) mass is 256 g/mol. The molecular formula is C12H20N2O2S.